The van der Waals surface area contributed by atoms with Crippen molar-refractivity contribution in [2.45, 2.75) is 12.8 Å². The first-order valence-electron chi connectivity index (χ1n) is 5.24. The molecule has 0 aromatic carbocycles. The fourth-order valence-corrected chi connectivity index (χ4v) is 1.82. The van der Waals surface area contributed by atoms with Gasteiger partial charge in [0.1, 0.15) is 17.0 Å². The Bertz CT molecular complexity index is 662. The standard InChI is InChI=1S/C12H12N4/c1-3-7(2)11-15-9-6-14-12-8(4-5-13-12)10(9)16-11/h3-7H,1H2,2H3,(H,13,14)(H,15,16). The lowest BCUT2D eigenvalue weighted by Gasteiger charge is -1.97. The number of nitrogens with one attached hydrogen (secondary N) is 2. The summed E-state index contributed by atoms with van der Waals surface area (Å²) in [5, 5.41) is 1.05. The normalized spacial score (nSPS) is 13.3. The minimum Gasteiger partial charge on any atom is -0.346 e. The van der Waals surface area contributed by atoms with Gasteiger partial charge in [-0.05, 0) is 6.07 Å². The van der Waals surface area contributed by atoms with Crippen LogP contribution in [0.2, 0.25) is 0 Å². The minimum absolute atomic E-state index is 0.224. The van der Waals surface area contributed by atoms with Crippen molar-refractivity contribution in [3.8, 4) is 0 Å². The van der Waals surface area contributed by atoms with Crippen LogP contribution in [-0.4, -0.2) is 19.9 Å². The highest BCUT2D eigenvalue weighted by atomic mass is 15.0. The van der Waals surface area contributed by atoms with Crippen LogP contribution >= 0.6 is 0 Å². The van der Waals surface area contributed by atoms with Crippen molar-refractivity contribution < 1.29 is 0 Å². The maximum Gasteiger partial charge on any atom is 0.139 e. The number of hydrogen-bond acceptors (Lipinski definition) is 2. The van der Waals surface area contributed by atoms with Crippen LogP contribution in [-0.2, 0) is 0 Å². The summed E-state index contributed by atoms with van der Waals surface area (Å²) in [6.07, 6.45) is 5.56. The Morgan fingerprint density at radius 1 is 1.50 bits per heavy atom. The second kappa shape index (κ2) is 3.20. The maximum absolute atomic E-state index is 4.60. The number of hydrogen-bond donors (Lipinski definition) is 2. The average molecular weight is 212 g/mol. The van der Waals surface area contributed by atoms with Crippen LogP contribution in [0.1, 0.15) is 18.7 Å². The second-order valence-electron chi connectivity index (χ2n) is 3.91. The number of H-pyrrole nitrogens is 2. The predicted octanol–water partition coefficient (Wildman–Crippen LogP) is 2.73. The van der Waals surface area contributed by atoms with Crippen LogP contribution in [0, 0.1) is 0 Å². The highest BCUT2D eigenvalue weighted by molar-refractivity contribution is 6.00. The molecule has 0 saturated carbocycles. The van der Waals surface area contributed by atoms with E-state index in [1.165, 1.54) is 0 Å². The monoisotopic (exact) mass is 212 g/mol. The van der Waals surface area contributed by atoms with Gasteiger partial charge in [-0.1, -0.05) is 13.0 Å². The molecule has 80 valence electrons. The molecule has 3 heterocycles. The average Bonchev–Trinajstić information content (AvgIpc) is 2.92. The highest BCUT2D eigenvalue weighted by Gasteiger charge is 2.10. The van der Waals surface area contributed by atoms with E-state index in [0.717, 1.165) is 27.9 Å². The molecular formula is C12H12N4. The van der Waals surface area contributed by atoms with Crippen LogP contribution in [0.3, 0.4) is 0 Å². The van der Waals surface area contributed by atoms with E-state index in [2.05, 4.69) is 33.4 Å². The van der Waals surface area contributed by atoms with Gasteiger partial charge in [-0.15, -0.1) is 6.58 Å². The van der Waals surface area contributed by atoms with Gasteiger partial charge in [-0.3, -0.25) is 0 Å². The molecule has 4 heteroatoms. The Hall–Kier alpha value is -2.10. The van der Waals surface area contributed by atoms with Crippen molar-refractivity contribution in [1.82, 2.24) is 19.9 Å². The Labute approximate surface area is 92.4 Å². The first kappa shape index (κ1) is 9.15. The molecule has 0 aliphatic carbocycles. The summed E-state index contributed by atoms with van der Waals surface area (Å²) in [4.78, 5) is 15.3. The molecule has 4 nitrogen and oxygen atoms in total. The van der Waals surface area contributed by atoms with Crippen LogP contribution < -0.4 is 0 Å². The Kier molecular flexibility index (Phi) is 1.83. The number of nitrogens with zero attached hydrogens (tertiary/aromatic N) is 2. The number of allylic oxidation sites excluding steroid dienone is 1. The molecule has 3 aromatic heterocycles. The van der Waals surface area contributed by atoms with Gasteiger partial charge in [0.25, 0.3) is 0 Å². The lowest BCUT2D eigenvalue weighted by Crippen LogP contribution is -1.90. The molecule has 3 rings (SSSR count). The first-order chi connectivity index (χ1) is 7.79. The minimum atomic E-state index is 0.224. The summed E-state index contributed by atoms with van der Waals surface area (Å²) in [6.45, 7) is 5.84. The van der Waals surface area contributed by atoms with Crippen LogP contribution in [0.5, 0.6) is 0 Å². The third kappa shape index (κ3) is 1.16. The number of rotatable bonds is 2. The lowest BCUT2D eigenvalue weighted by atomic mass is 10.2. The Morgan fingerprint density at radius 3 is 3.19 bits per heavy atom. The van der Waals surface area contributed by atoms with E-state index in [1.54, 1.807) is 6.20 Å². The van der Waals surface area contributed by atoms with Crippen molar-refractivity contribution in [3.05, 3.63) is 36.9 Å². The van der Waals surface area contributed by atoms with Gasteiger partial charge in [0.05, 0.1) is 11.7 Å². The number of imidazole rings is 1. The molecule has 16 heavy (non-hydrogen) atoms. The van der Waals surface area contributed by atoms with Crippen molar-refractivity contribution in [2.75, 3.05) is 0 Å². The number of aromatic amines is 2. The molecule has 0 saturated heterocycles. The Balaban J connectivity index is 2.34. The van der Waals surface area contributed by atoms with E-state index in [9.17, 15) is 0 Å². The zero-order valence-corrected chi connectivity index (χ0v) is 8.99. The topological polar surface area (TPSA) is 57.4 Å². The third-order valence-corrected chi connectivity index (χ3v) is 2.84. The number of fused-ring (bicyclic) bond motifs is 3. The fourth-order valence-electron chi connectivity index (χ4n) is 1.82. The number of pyridine rings is 1. The van der Waals surface area contributed by atoms with Crippen molar-refractivity contribution in [1.29, 1.82) is 0 Å². The molecule has 0 spiro atoms. The molecule has 1 unspecified atom stereocenters. The molecule has 1 atom stereocenters. The van der Waals surface area contributed by atoms with E-state index >= 15 is 0 Å². The van der Waals surface area contributed by atoms with E-state index in [1.807, 2.05) is 18.3 Å². The molecule has 0 fully saturated rings. The number of aromatic nitrogens is 4. The van der Waals surface area contributed by atoms with E-state index < -0.39 is 0 Å². The summed E-state index contributed by atoms with van der Waals surface area (Å²) in [5.41, 5.74) is 2.81. The summed E-state index contributed by atoms with van der Waals surface area (Å²) in [6, 6.07) is 1.99. The maximum atomic E-state index is 4.60. The van der Waals surface area contributed by atoms with E-state index in [4.69, 9.17) is 0 Å². The summed E-state index contributed by atoms with van der Waals surface area (Å²) in [7, 11) is 0. The first-order valence-corrected chi connectivity index (χ1v) is 5.24. The second-order valence-corrected chi connectivity index (χ2v) is 3.91. The summed E-state index contributed by atoms with van der Waals surface area (Å²) < 4.78 is 0. The van der Waals surface area contributed by atoms with Crippen LogP contribution in [0.15, 0.2) is 31.1 Å². The van der Waals surface area contributed by atoms with Gasteiger partial charge in [0.2, 0.25) is 0 Å². The smallest absolute Gasteiger partial charge is 0.139 e. The van der Waals surface area contributed by atoms with Crippen LogP contribution in [0.25, 0.3) is 22.1 Å². The quantitative estimate of drug-likeness (QED) is 0.642. The fraction of sp³-hybridized carbons (Fsp3) is 0.167. The lowest BCUT2D eigenvalue weighted by molar-refractivity contribution is 0.880. The van der Waals surface area contributed by atoms with E-state index in [0.29, 0.717) is 0 Å². The van der Waals surface area contributed by atoms with Gasteiger partial charge in [-0.25, -0.2) is 9.97 Å². The summed E-state index contributed by atoms with van der Waals surface area (Å²) in [5.74, 6) is 1.15. The molecule has 0 bridgehead atoms. The molecule has 3 aromatic rings. The third-order valence-electron chi connectivity index (χ3n) is 2.84. The molecule has 2 N–H and O–H groups in total. The van der Waals surface area contributed by atoms with Crippen molar-refractivity contribution in [3.63, 3.8) is 0 Å². The largest absolute Gasteiger partial charge is 0.346 e. The van der Waals surface area contributed by atoms with E-state index in [-0.39, 0.29) is 5.92 Å². The zero-order chi connectivity index (χ0) is 11.1. The molecule has 0 aliphatic rings. The zero-order valence-electron chi connectivity index (χ0n) is 8.99. The van der Waals surface area contributed by atoms with Gasteiger partial charge in [0.15, 0.2) is 0 Å². The van der Waals surface area contributed by atoms with Crippen molar-refractivity contribution in [2.24, 2.45) is 0 Å². The molecule has 0 radical (unpaired) electrons. The van der Waals surface area contributed by atoms with Gasteiger partial charge >= 0.3 is 0 Å². The predicted molar refractivity (Wildman–Crippen MR) is 64.4 cm³/mol. The Morgan fingerprint density at radius 2 is 2.38 bits per heavy atom. The molecular weight excluding hydrogens is 200 g/mol. The molecule has 0 amide bonds. The summed E-state index contributed by atoms with van der Waals surface area (Å²) >= 11 is 0. The van der Waals surface area contributed by atoms with Gasteiger partial charge < -0.3 is 9.97 Å². The van der Waals surface area contributed by atoms with Crippen molar-refractivity contribution >= 4 is 22.1 Å². The highest BCUT2D eigenvalue weighted by Crippen LogP contribution is 2.23. The van der Waals surface area contributed by atoms with Gasteiger partial charge in [-0.2, -0.15) is 0 Å². The SMILES string of the molecule is C=CC(C)c1nc2c(cnc3[nH]ccc32)[nH]1. The van der Waals surface area contributed by atoms with Crippen LogP contribution in [0.4, 0.5) is 0 Å². The molecule has 0 aliphatic heterocycles. The van der Waals surface area contributed by atoms with Gasteiger partial charge in [0, 0.05) is 17.5 Å².